The van der Waals surface area contributed by atoms with E-state index in [0.29, 0.717) is 66.0 Å². The van der Waals surface area contributed by atoms with E-state index < -0.39 is 44.8 Å². The van der Waals surface area contributed by atoms with Crippen molar-refractivity contribution in [2.24, 2.45) is 11.5 Å². The van der Waals surface area contributed by atoms with Crippen LogP contribution >= 0.6 is 57.5 Å². The first kappa shape index (κ1) is 85.8. The van der Waals surface area contributed by atoms with Gasteiger partial charge in [0.2, 0.25) is 11.2 Å². The molecule has 10 aromatic carbocycles. The molecule has 4 aliphatic rings. The monoisotopic (exact) mass is 1790 g/mol. The van der Waals surface area contributed by atoms with E-state index in [0.717, 1.165) is 59.8 Å². The van der Waals surface area contributed by atoms with Crippen molar-refractivity contribution < 1.29 is 54.8 Å². The summed E-state index contributed by atoms with van der Waals surface area (Å²) in [7, 11) is 12.0. The van der Waals surface area contributed by atoms with Crippen molar-refractivity contribution in [2.75, 3.05) is 79.7 Å². The summed E-state index contributed by atoms with van der Waals surface area (Å²) >= 11 is 2.15. The Bertz CT molecular complexity index is 4950. The molecule has 4 saturated heterocycles. The minimum absolute atomic E-state index is 0. The molecule has 4 aliphatic heterocycles. The van der Waals surface area contributed by atoms with E-state index >= 15 is 0 Å². The van der Waals surface area contributed by atoms with E-state index in [-0.39, 0.29) is 47.1 Å². The number of hydrogen-bond acceptors (Lipinski definition) is 12. The molecule has 584 valence electrons. The van der Waals surface area contributed by atoms with Gasteiger partial charge in [-0.2, -0.15) is 10.2 Å². The molecule has 0 bridgehead atoms. The topological polar surface area (TPSA) is 228 Å². The standard InChI is InChI=1S/C26H27N5O4.C19H19IN4O2.2C18H15P.C7H9NO2.CH4.2ClH.Pd/c1-29-13-10-26(34,25(29)33)9-8-18-4-2-5-19(16-18)31-22-7-6-20(35-15-14-30-11-3-12-30)17-21(22)23(28-31)24(27)32;20-13-3-1-4-14(11-13)24-17-6-5-15(26-10-9-23-7-2-8-23)12-16(17)18(22-24)19(21)25;2*1-4-10-16(11-5-1)19(17-12-6-2-7-13-17)18-14-8-3-9-15-18;1-3-7(10)4-5-8(2)6(7)9;;;;/h2,4-7,16-17,34H,3,10-15H2,1H3,(H2,27,32);1,3-6,11-12H,2,7-10H2,(H2,21,25);2*1-15H;1,10H,4-5H2,2H3;1H4;2*1H;/q;;;;;;;;+2/p-2/t26-;;;;7-;;;;/m0...0..../s1. The number of amides is 4. The van der Waals surface area contributed by atoms with Crippen molar-refractivity contribution in [3.8, 4) is 47.1 Å². The molecule has 2 aromatic heterocycles. The van der Waals surface area contributed by atoms with Gasteiger partial charge >= 0.3 is 35.0 Å². The van der Waals surface area contributed by atoms with Gasteiger partial charge in [-0.05, 0) is 182 Å². The van der Waals surface area contributed by atoms with Gasteiger partial charge < -0.3 is 41.0 Å². The van der Waals surface area contributed by atoms with E-state index in [4.69, 9.17) is 46.4 Å². The summed E-state index contributed by atoms with van der Waals surface area (Å²) in [5.74, 6) is 7.17. The molecule has 2 atom stereocenters. The summed E-state index contributed by atoms with van der Waals surface area (Å²) in [5, 5.41) is 38.5. The van der Waals surface area contributed by atoms with Crippen LogP contribution in [0.2, 0.25) is 0 Å². The van der Waals surface area contributed by atoms with Gasteiger partial charge in [-0.1, -0.05) is 219 Å². The molecule has 0 spiro atoms. The molecule has 0 unspecified atom stereocenters. The molecular formula is C89H89Cl2IN10O8P2Pd. The SMILES string of the molecule is C.C#C[C@]1(O)CCN(C)C1=O.CN1CC[C@@](O)(C#Cc2cccc(-n3nc(C(N)=O)c4cc(OCCN5CCC5)ccc43)c2)C1=O.NC(=O)c1nn(-c2cccc(I)c2)c2ccc(OCCN3CCC3)cc12.[Cl][Pd][Cl].c1ccc(P(c2ccccc2)c2ccccc2)cc1.c1ccc(P(c2ccccc2)c2ccccc2)cc1. The number of primary amides is 2. The van der Waals surface area contributed by atoms with Crippen LogP contribution in [0.15, 0.2) is 267 Å². The van der Waals surface area contributed by atoms with Crippen molar-refractivity contribution in [3.05, 3.63) is 287 Å². The number of carbonyl (C=O) groups excluding carboxylic acids is 4. The molecule has 6 heterocycles. The Balaban J connectivity index is 0.000000155. The number of likely N-dealkylation sites (N-methyl/N-ethyl adjacent to an activating group) is 2. The van der Waals surface area contributed by atoms with E-state index in [1.807, 2.05) is 60.7 Å². The number of nitrogens with two attached hydrogens (primary N) is 2. The number of carbonyl (C=O) groups is 4. The Labute approximate surface area is 693 Å². The van der Waals surface area contributed by atoms with Crippen LogP contribution in [-0.4, -0.2) is 164 Å². The first-order valence-corrected chi connectivity index (χ1v) is 44.1. The zero-order valence-electron chi connectivity index (χ0n) is 61.8. The zero-order chi connectivity index (χ0) is 79.0. The van der Waals surface area contributed by atoms with Crippen molar-refractivity contribution in [1.82, 2.24) is 39.2 Å². The Kier molecular flexibility index (Phi) is 31.9. The first-order valence-electron chi connectivity index (χ1n) is 36.3. The maximum Gasteiger partial charge on any atom is -0.0134 e. The fourth-order valence-corrected chi connectivity index (χ4v) is 17.9. The van der Waals surface area contributed by atoms with Crippen LogP contribution in [0.25, 0.3) is 33.2 Å². The van der Waals surface area contributed by atoms with Gasteiger partial charge in [0, 0.05) is 73.0 Å². The van der Waals surface area contributed by atoms with Crippen LogP contribution in [0.1, 0.15) is 59.7 Å². The molecule has 4 amide bonds. The van der Waals surface area contributed by atoms with Gasteiger partial charge in [0.05, 0.1) is 22.4 Å². The maximum absolute atomic E-state index is 12.2. The summed E-state index contributed by atoms with van der Waals surface area (Å²) < 4.78 is 16.2. The summed E-state index contributed by atoms with van der Waals surface area (Å²) in [5.41, 5.74) is 12.1. The van der Waals surface area contributed by atoms with E-state index in [2.05, 4.69) is 242 Å². The predicted molar refractivity (Wildman–Crippen MR) is 464 cm³/mol. The van der Waals surface area contributed by atoms with Gasteiger partial charge in [0.25, 0.3) is 23.6 Å². The third-order valence-corrected chi connectivity index (χ3v) is 24.5. The Morgan fingerprint density at radius 1 is 0.504 bits per heavy atom. The Hall–Kier alpha value is -9.59. The minimum atomic E-state index is -1.67. The van der Waals surface area contributed by atoms with E-state index in [1.54, 1.807) is 47.7 Å². The predicted octanol–water partition coefficient (Wildman–Crippen LogP) is 12.1. The number of likely N-dealkylation sites (tertiary alicyclic amines) is 4. The van der Waals surface area contributed by atoms with Gasteiger partial charge in [0.15, 0.2) is 11.4 Å². The fraction of sp³-hybridized carbons (Fsp3) is 0.213. The van der Waals surface area contributed by atoms with Gasteiger partial charge in [-0.15, -0.1) is 6.42 Å². The van der Waals surface area contributed by atoms with Crippen LogP contribution in [0.4, 0.5) is 0 Å². The van der Waals surface area contributed by atoms with Gasteiger partial charge in [-0.3, -0.25) is 29.0 Å². The minimum Gasteiger partial charge on any atom is -0.0622 e. The molecule has 6 N–H and O–H groups in total. The third kappa shape index (κ3) is 22.7. The molecule has 18 nitrogen and oxygen atoms in total. The summed E-state index contributed by atoms with van der Waals surface area (Å²) in [6.07, 6.45) is 8.09. The fourth-order valence-electron chi connectivity index (χ4n) is 12.7. The number of benzene rings is 10. The Morgan fingerprint density at radius 3 is 1.15 bits per heavy atom. The van der Waals surface area contributed by atoms with E-state index in [9.17, 15) is 29.4 Å². The van der Waals surface area contributed by atoms with Gasteiger partial charge in [-0.25, -0.2) is 9.36 Å². The van der Waals surface area contributed by atoms with Crippen LogP contribution < -0.4 is 52.8 Å². The van der Waals surface area contributed by atoms with E-state index in [1.165, 1.54) is 54.5 Å². The summed E-state index contributed by atoms with van der Waals surface area (Å²) in [6, 6.07) is 91.0. The first-order chi connectivity index (χ1) is 54.4. The number of hydrogen-bond donors (Lipinski definition) is 4. The molecule has 24 heteroatoms. The molecule has 113 heavy (non-hydrogen) atoms. The van der Waals surface area contributed by atoms with Crippen LogP contribution in [0.3, 0.4) is 0 Å². The maximum atomic E-state index is 12.2. The van der Waals surface area contributed by atoms with Crippen LogP contribution in [0, 0.1) is 27.8 Å². The second-order valence-electron chi connectivity index (χ2n) is 26.5. The normalized spacial score (nSPS) is 16.1. The Morgan fingerprint density at radius 2 is 0.850 bits per heavy atom. The largest absolute Gasteiger partial charge is 0.0622 e. The zero-order valence-corrected chi connectivity index (χ0v) is 68.8. The number of halogens is 3. The number of rotatable bonds is 18. The smallest absolute Gasteiger partial charge is 0.0134 e. The van der Waals surface area contributed by atoms with Crippen molar-refractivity contribution in [1.29, 1.82) is 0 Å². The van der Waals surface area contributed by atoms with Crippen molar-refractivity contribution in [2.45, 2.75) is 44.3 Å². The van der Waals surface area contributed by atoms with Crippen LogP contribution in [0.5, 0.6) is 11.5 Å². The molecule has 0 aliphatic carbocycles. The molecule has 16 rings (SSSR count). The van der Waals surface area contributed by atoms with Crippen molar-refractivity contribution >= 4 is 135 Å². The quantitative estimate of drug-likeness (QED) is 0.0272. The number of aromatic nitrogens is 4. The van der Waals surface area contributed by atoms with Gasteiger partial charge in [0.1, 0.15) is 24.7 Å². The summed E-state index contributed by atoms with van der Waals surface area (Å²) in [4.78, 5) is 54.8. The van der Waals surface area contributed by atoms with Crippen LogP contribution in [-0.2, 0) is 25.5 Å². The average Bonchev–Trinajstić information content (AvgIpc) is 1.64. The second kappa shape index (κ2) is 42.0. The molecular weight excluding hydrogens is 1700 g/mol. The second-order valence-corrected chi connectivity index (χ2v) is 34.6. The third-order valence-electron chi connectivity index (χ3n) is 18.9. The number of nitrogens with zero attached hydrogens (tertiary/aromatic N) is 8. The summed E-state index contributed by atoms with van der Waals surface area (Å²) in [6.45, 7) is 8.50. The number of terminal acetylenes is 1. The molecule has 0 radical (unpaired) electrons. The number of aliphatic hydroxyl groups is 2. The average molecular weight is 1790 g/mol. The molecule has 0 saturated carbocycles. The number of ether oxygens (including phenoxy) is 2. The van der Waals surface area contributed by atoms with Crippen molar-refractivity contribution in [3.63, 3.8) is 0 Å². The number of fused-ring (bicyclic) bond motifs is 2. The molecule has 4 fully saturated rings. The molecule has 12 aromatic rings.